The van der Waals surface area contributed by atoms with Crippen LogP contribution in [-0.2, 0) is 4.79 Å². The molecular weight excluding hydrogens is 134 g/mol. The van der Waals surface area contributed by atoms with Gasteiger partial charge in [0.05, 0.1) is 0 Å². The Balaban J connectivity index is 0. The molecule has 0 radical (unpaired) electrons. The Morgan fingerprint density at radius 3 is 2.40 bits per heavy atom. The van der Waals surface area contributed by atoms with Crippen LogP contribution in [0.5, 0.6) is 0 Å². The van der Waals surface area contributed by atoms with Crippen molar-refractivity contribution in [3.05, 3.63) is 0 Å². The molecule has 0 fully saturated rings. The van der Waals surface area contributed by atoms with Gasteiger partial charge in [-0.25, -0.2) is 0 Å². The zero-order valence-electron chi connectivity index (χ0n) is 5.08. The van der Waals surface area contributed by atoms with E-state index in [1.165, 1.54) is 0 Å². The fourth-order valence-electron chi connectivity index (χ4n) is 0.435. The van der Waals surface area contributed by atoms with Gasteiger partial charge in [-0.05, 0) is 12.8 Å². The van der Waals surface area contributed by atoms with Crippen molar-refractivity contribution in [1.82, 2.24) is 0 Å². The lowest BCUT2D eigenvalue weighted by Crippen LogP contribution is -2.29. The SMILES string of the molecule is C.NC(CCCO)C(=O)O. The van der Waals surface area contributed by atoms with Crippen molar-refractivity contribution in [3.63, 3.8) is 0 Å². The Bertz CT molecular complexity index is 95.0. The molecule has 4 N–H and O–H groups in total. The number of hydrogen-bond donors (Lipinski definition) is 3. The number of carboxylic acids is 1. The van der Waals surface area contributed by atoms with Gasteiger partial charge in [0.1, 0.15) is 6.04 Å². The third-order valence-corrected chi connectivity index (χ3v) is 0.990. The van der Waals surface area contributed by atoms with Gasteiger partial charge in [0.15, 0.2) is 0 Å². The summed E-state index contributed by atoms with van der Waals surface area (Å²) >= 11 is 0. The minimum absolute atomic E-state index is 0. The number of aliphatic carboxylic acids is 1. The molecule has 10 heavy (non-hydrogen) atoms. The molecule has 4 nitrogen and oxygen atoms in total. The van der Waals surface area contributed by atoms with Crippen molar-refractivity contribution >= 4 is 5.97 Å². The molecule has 0 spiro atoms. The summed E-state index contributed by atoms with van der Waals surface area (Å²) in [6.07, 6.45) is 0.791. The molecule has 0 aromatic carbocycles. The molecule has 0 aromatic rings. The van der Waals surface area contributed by atoms with Crippen LogP contribution in [0, 0.1) is 0 Å². The first-order chi connectivity index (χ1) is 4.18. The van der Waals surface area contributed by atoms with Crippen molar-refractivity contribution in [1.29, 1.82) is 0 Å². The first-order valence-electron chi connectivity index (χ1n) is 2.77. The summed E-state index contributed by atoms with van der Waals surface area (Å²) in [5.74, 6) is -1.01. The van der Waals surface area contributed by atoms with E-state index < -0.39 is 12.0 Å². The molecule has 0 amide bonds. The molecule has 0 aliphatic rings. The standard InChI is InChI=1S/C5H11NO3.CH4/c6-4(5(8)9)2-1-3-7;/h4,7H,1-3,6H2,(H,8,9);1H4. The van der Waals surface area contributed by atoms with Gasteiger partial charge in [0.25, 0.3) is 0 Å². The van der Waals surface area contributed by atoms with Gasteiger partial charge >= 0.3 is 5.97 Å². The van der Waals surface area contributed by atoms with Gasteiger partial charge in [-0.1, -0.05) is 7.43 Å². The lowest BCUT2D eigenvalue weighted by molar-refractivity contribution is -0.138. The maximum absolute atomic E-state index is 10.00. The first-order valence-corrected chi connectivity index (χ1v) is 2.77. The summed E-state index contributed by atoms with van der Waals surface area (Å²) in [5.41, 5.74) is 5.09. The number of hydrogen-bond acceptors (Lipinski definition) is 3. The molecule has 1 unspecified atom stereocenters. The van der Waals surface area contributed by atoms with Crippen LogP contribution in [0.2, 0.25) is 0 Å². The summed E-state index contributed by atoms with van der Waals surface area (Å²) in [4.78, 5) is 10.00. The fraction of sp³-hybridized carbons (Fsp3) is 0.833. The number of nitrogens with two attached hydrogens (primary N) is 1. The Labute approximate surface area is 60.7 Å². The van der Waals surface area contributed by atoms with E-state index >= 15 is 0 Å². The van der Waals surface area contributed by atoms with Crippen molar-refractivity contribution in [3.8, 4) is 0 Å². The van der Waals surface area contributed by atoms with E-state index in [-0.39, 0.29) is 14.0 Å². The lowest BCUT2D eigenvalue weighted by Gasteiger charge is -2.02. The molecule has 0 bridgehead atoms. The number of rotatable bonds is 4. The number of carboxylic acid groups (broad SMARTS) is 1. The summed E-state index contributed by atoms with van der Waals surface area (Å²) < 4.78 is 0. The smallest absolute Gasteiger partial charge is 0.320 e. The van der Waals surface area contributed by atoms with Crippen molar-refractivity contribution in [2.45, 2.75) is 26.3 Å². The zero-order chi connectivity index (χ0) is 7.28. The highest BCUT2D eigenvalue weighted by Crippen LogP contribution is 1.91. The van der Waals surface area contributed by atoms with Gasteiger partial charge in [-0.15, -0.1) is 0 Å². The third-order valence-electron chi connectivity index (χ3n) is 0.990. The molecule has 0 heterocycles. The van der Waals surface area contributed by atoms with Crippen LogP contribution in [0.1, 0.15) is 20.3 Å². The van der Waals surface area contributed by atoms with E-state index in [0.29, 0.717) is 12.8 Å². The van der Waals surface area contributed by atoms with Crippen molar-refractivity contribution in [2.24, 2.45) is 5.73 Å². The average Bonchev–Trinajstić information content (AvgIpc) is 1.82. The van der Waals surface area contributed by atoms with Gasteiger partial charge in [0.2, 0.25) is 0 Å². The molecule has 1 atom stereocenters. The van der Waals surface area contributed by atoms with Crippen LogP contribution < -0.4 is 5.73 Å². The largest absolute Gasteiger partial charge is 0.480 e. The first kappa shape index (κ1) is 12.1. The molecule has 4 heteroatoms. The van der Waals surface area contributed by atoms with Crippen LogP contribution in [0.4, 0.5) is 0 Å². The number of aliphatic hydroxyl groups is 1. The summed E-state index contributed by atoms with van der Waals surface area (Å²) in [5, 5.41) is 16.5. The topological polar surface area (TPSA) is 83.5 Å². The summed E-state index contributed by atoms with van der Waals surface area (Å²) in [6, 6.07) is -0.822. The highest BCUT2D eigenvalue weighted by molar-refractivity contribution is 5.72. The van der Waals surface area contributed by atoms with Gasteiger partial charge < -0.3 is 15.9 Å². The Kier molecular flexibility index (Phi) is 7.88. The predicted molar refractivity (Wildman–Crippen MR) is 38.7 cm³/mol. The Hall–Kier alpha value is -0.610. The number of carbonyl (C=O) groups is 1. The summed E-state index contributed by atoms with van der Waals surface area (Å²) in [6.45, 7) is 0.000972. The van der Waals surface area contributed by atoms with E-state index in [1.807, 2.05) is 0 Å². The Morgan fingerprint density at radius 1 is 1.60 bits per heavy atom. The highest BCUT2D eigenvalue weighted by Gasteiger charge is 2.08. The second-order valence-electron chi connectivity index (χ2n) is 1.81. The molecule has 0 saturated heterocycles. The third kappa shape index (κ3) is 5.53. The normalized spacial score (nSPS) is 11.8. The van der Waals surface area contributed by atoms with Crippen molar-refractivity contribution in [2.75, 3.05) is 6.61 Å². The average molecular weight is 149 g/mol. The maximum atomic E-state index is 10.00. The fourth-order valence-corrected chi connectivity index (χ4v) is 0.435. The minimum Gasteiger partial charge on any atom is -0.480 e. The van der Waals surface area contributed by atoms with Crippen LogP contribution in [0.15, 0.2) is 0 Å². The quantitative estimate of drug-likeness (QED) is 0.517. The minimum atomic E-state index is -1.01. The molecular formula is C6H15NO3. The lowest BCUT2D eigenvalue weighted by atomic mass is 10.2. The van der Waals surface area contributed by atoms with Crippen LogP contribution in [0.25, 0.3) is 0 Å². The van der Waals surface area contributed by atoms with E-state index in [9.17, 15) is 4.79 Å². The van der Waals surface area contributed by atoms with Crippen molar-refractivity contribution < 1.29 is 15.0 Å². The Morgan fingerprint density at radius 2 is 2.10 bits per heavy atom. The highest BCUT2D eigenvalue weighted by atomic mass is 16.4. The molecule has 0 rings (SSSR count). The van der Waals surface area contributed by atoms with E-state index in [2.05, 4.69) is 0 Å². The van der Waals surface area contributed by atoms with E-state index in [0.717, 1.165) is 0 Å². The predicted octanol–water partition coefficient (Wildman–Crippen LogP) is -0.193. The summed E-state index contributed by atoms with van der Waals surface area (Å²) in [7, 11) is 0. The van der Waals surface area contributed by atoms with Crippen LogP contribution >= 0.6 is 0 Å². The molecule has 0 aliphatic heterocycles. The molecule has 0 saturated carbocycles. The van der Waals surface area contributed by atoms with E-state index in [1.54, 1.807) is 0 Å². The second-order valence-corrected chi connectivity index (χ2v) is 1.81. The zero-order valence-corrected chi connectivity index (χ0v) is 5.08. The number of aliphatic hydroxyl groups excluding tert-OH is 1. The molecule has 0 aliphatic carbocycles. The molecule has 62 valence electrons. The second kappa shape index (κ2) is 6.51. The molecule has 0 aromatic heterocycles. The monoisotopic (exact) mass is 149 g/mol. The maximum Gasteiger partial charge on any atom is 0.320 e. The van der Waals surface area contributed by atoms with Gasteiger partial charge in [-0.3, -0.25) is 4.79 Å². The van der Waals surface area contributed by atoms with Crippen LogP contribution in [-0.4, -0.2) is 28.8 Å². The van der Waals surface area contributed by atoms with Gasteiger partial charge in [-0.2, -0.15) is 0 Å². The van der Waals surface area contributed by atoms with E-state index in [4.69, 9.17) is 15.9 Å². The van der Waals surface area contributed by atoms with Crippen LogP contribution in [0.3, 0.4) is 0 Å². The van der Waals surface area contributed by atoms with Gasteiger partial charge in [0, 0.05) is 6.61 Å².